The van der Waals surface area contributed by atoms with Gasteiger partial charge in [-0.3, -0.25) is 14.3 Å². The molecule has 0 aromatic carbocycles. The third kappa shape index (κ3) is 2.41. The molecular formula is C16H23N5O4. The minimum Gasteiger partial charge on any atom is -0.390 e. The van der Waals surface area contributed by atoms with Crippen molar-refractivity contribution >= 4 is 17.1 Å². The molecule has 0 saturated carbocycles. The van der Waals surface area contributed by atoms with E-state index in [9.17, 15) is 14.7 Å². The van der Waals surface area contributed by atoms with Crippen LogP contribution in [0, 0.1) is 0 Å². The van der Waals surface area contributed by atoms with Crippen LogP contribution in [0.2, 0.25) is 0 Å². The van der Waals surface area contributed by atoms with Gasteiger partial charge in [-0.05, 0) is 25.7 Å². The number of aliphatic hydroxyl groups excluding tert-OH is 1. The van der Waals surface area contributed by atoms with E-state index >= 15 is 0 Å². The fourth-order valence-corrected chi connectivity index (χ4v) is 4.05. The fraction of sp³-hybridized carbons (Fsp3) is 0.688. The molecule has 0 bridgehead atoms. The zero-order valence-electron chi connectivity index (χ0n) is 14.5. The lowest BCUT2D eigenvalue weighted by molar-refractivity contribution is -0.164. The van der Waals surface area contributed by atoms with Crippen LogP contribution in [0.4, 0.5) is 5.95 Å². The van der Waals surface area contributed by atoms with Gasteiger partial charge in [-0.15, -0.1) is 0 Å². The molecule has 4 heterocycles. The Hall–Kier alpha value is -2.13. The molecule has 25 heavy (non-hydrogen) atoms. The minimum absolute atomic E-state index is 0.375. The van der Waals surface area contributed by atoms with E-state index in [2.05, 4.69) is 14.9 Å². The van der Waals surface area contributed by atoms with Crippen LogP contribution in [0.1, 0.15) is 25.7 Å². The van der Waals surface area contributed by atoms with Gasteiger partial charge in [-0.2, -0.15) is 4.98 Å². The monoisotopic (exact) mass is 349 g/mol. The molecule has 0 amide bonds. The van der Waals surface area contributed by atoms with E-state index in [1.807, 2.05) is 0 Å². The first-order valence-corrected chi connectivity index (χ1v) is 8.66. The van der Waals surface area contributed by atoms with Crippen molar-refractivity contribution < 1.29 is 9.84 Å². The number of aryl methyl sites for hydroxylation is 2. The predicted octanol–water partition coefficient (Wildman–Crippen LogP) is -0.529. The molecule has 0 unspecified atom stereocenters. The third-order valence-electron chi connectivity index (χ3n) is 5.62. The summed E-state index contributed by atoms with van der Waals surface area (Å²) in [5.74, 6) is 0.654. The van der Waals surface area contributed by atoms with Crippen molar-refractivity contribution in [1.29, 1.82) is 0 Å². The Bertz CT molecular complexity index is 919. The zero-order chi connectivity index (χ0) is 17.8. The van der Waals surface area contributed by atoms with Gasteiger partial charge in [0.15, 0.2) is 11.2 Å². The highest BCUT2D eigenvalue weighted by Gasteiger charge is 2.44. The number of nitrogens with one attached hydrogen (secondary N) is 1. The molecule has 2 fully saturated rings. The summed E-state index contributed by atoms with van der Waals surface area (Å²) in [6.45, 7) is 2.06. The molecule has 2 saturated heterocycles. The minimum atomic E-state index is -0.474. The molecule has 2 aliphatic rings. The van der Waals surface area contributed by atoms with E-state index in [0.717, 1.165) is 12.8 Å². The summed E-state index contributed by atoms with van der Waals surface area (Å²) in [5, 5.41) is 10.4. The number of nitrogens with zero attached hydrogens (tertiary/aromatic N) is 4. The summed E-state index contributed by atoms with van der Waals surface area (Å²) < 4.78 is 9.01. The molecule has 4 rings (SSSR count). The number of hydrogen-bond donors (Lipinski definition) is 2. The number of hydrogen-bond acceptors (Lipinski definition) is 6. The van der Waals surface area contributed by atoms with E-state index in [4.69, 9.17) is 4.74 Å². The predicted molar refractivity (Wildman–Crippen MR) is 91.9 cm³/mol. The highest BCUT2D eigenvalue weighted by atomic mass is 16.5. The summed E-state index contributed by atoms with van der Waals surface area (Å²) in [6, 6.07) is 0. The molecule has 2 aromatic rings. The Kier molecular flexibility index (Phi) is 3.73. The van der Waals surface area contributed by atoms with Gasteiger partial charge in [-0.25, -0.2) is 4.79 Å². The Labute approximate surface area is 143 Å². The van der Waals surface area contributed by atoms with Crippen molar-refractivity contribution in [2.24, 2.45) is 14.1 Å². The Morgan fingerprint density at radius 2 is 1.96 bits per heavy atom. The summed E-state index contributed by atoms with van der Waals surface area (Å²) in [6.07, 6.45) is 2.68. The molecule has 9 heteroatoms. The van der Waals surface area contributed by atoms with Crippen LogP contribution >= 0.6 is 0 Å². The average molecular weight is 349 g/mol. The number of ether oxygens (including phenoxy) is 1. The molecule has 2 aliphatic heterocycles. The van der Waals surface area contributed by atoms with Crippen LogP contribution in [-0.2, 0) is 18.8 Å². The number of H-pyrrole nitrogens is 1. The summed E-state index contributed by atoms with van der Waals surface area (Å²) in [4.78, 5) is 32.9. The lowest BCUT2D eigenvalue weighted by atomic mass is 9.82. The number of aromatic nitrogens is 4. The molecule has 9 nitrogen and oxygen atoms in total. The second kappa shape index (κ2) is 5.70. The fourth-order valence-electron chi connectivity index (χ4n) is 4.05. The molecule has 1 atom stereocenters. The van der Waals surface area contributed by atoms with Crippen molar-refractivity contribution in [3.8, 4) is 0 Å². The van der Waals surface area contributed by atoms with Crippen molar-refractivity contribution in [2.75, 3.05) is 24.6 Å². The smallest absolute Gasteiger partial charge is 0.329 e. The SMILES string of the molecule is Cn1c(N2CCC3(CC2)OCCC[C@@H]3O)nc2c1c(=O)[nH]c(=O)n2C. The van der Waals surface area contributed by atoms with Gasteiger partial charge in [0, 0.05) is 33.8 Å². The molecule has 0 aliphatic carbocycles. The van der Waals surface area contributed by atoms with Crippen LogP contribution in [-0.4, -0.2) is 55.6 Å². The first kappa shape index (κ1) is 16.3. The van der Waals surface area contributed by atoms with Gasteiger partial charge in [0.1, 0.15) is 0 Å². The van der Waals surface area contributed by atoms with Crippen molar-refractivity contribution in [3.05, 3.63) is 20.8 Å². The number of anilines is 1. The first-order chi connectivity index (χ1) is 11.9. The third-order valence-corrected chi connectivity index (χ3v) is 5.62. The van der Waals surface area contributed by atoms with Gasteiger partial charge in [0.25, 0.3) is 5.56 Å². The normalized spacial score (nSPS) is 23.5. The number of fused-ring (bicyclic) bond motifs is 1. The maximum absolute atomic E-state index is 12.2. The van der Waals surface area contributed by atoms with E-state index in [1.54, 1.807) is 18.7 Å². The van der Waals surface area contributed by atoms with Gasteiger partial charge in [-0.1, -0.05) is 0 Å². The maximum atomic E-state index is 12.2. The van der Waals surface area contributed by atoms with Crippen molar-refractivity contribution in [1.82, 2.24) is 19.1 Å². The maximum Gasteiger partial charge on any atom is 0.329 e. The number of aromatic amines is 1. The van der Waals surface area contributed by atoms with E-state index in [0.29, 0.717) is 49.7 Å². The molecule has 2 aromatic heterocycles. The van der Waals surface area contributed by atoms with Gasteiger partial charge >= 0.3 is 5.69 Å². The Morgan fingerprint density at radius 1 is 1.24 bits per heavy atom. The number of rotatable bonds is 1. The molecular weight excluding hydrogens is 326 g/mol. The molecule has 136 valence electrons. The van der Waals surface area contributed by atoms with Gasteiger partial charge < -0.3 is 19.3 Å². The van der Waals surface area contributed by atoms with Crippen LogP contribution in [0.25, 0.3) is 11.2 Å². The molecule has 1 spiro atoms. The Balaban J connectivity index is 1.67. The molecule has 0 radical (unpaired) electrons. The second-order valence-electron chi connectivity index (χ2n) is 7.02. The lowest BCUT2D eigenvalue weighted by Crippen LogP contribution is -2.55. The largest absolute Gasteiger partial charge is 0.390 e. The van der Waals surface area contributed by atoms with E-state index < -0.39 is 23.0 Å². The highest BCUT2D eigenvalue weighted by Crippen LogP contribution is 2.36. The summed E-state index contributed by atoms with van der Waals surface area (Å²) in [7, 11) is 3.37. The average Bonchev–Trinajstić information content (AvgIpc) is 2.94. The highest BCUT2D eigenvalue weighted by molar-refractivity contribution is 5.74. The van der Waals surface area contributed by atoms with Crippen LogP contribution in [0.5, 0.6) is 0 Å². The summed E-state index contributed by atoms with van der Waals surface area (Å²) in [5.41, 5.74) is -0.604. The van der Waals surface area contributed by atoms with Crippen molar-refractivity contribution in [3.63, 3.8) is 0 Å². The first-order valence-electron chi connectivity index (χ1n) is 8.66. The number of imidazole rings is 1. The van der Waals surface area contributed by atoms with Gasteiger partial charge in [0.05, 0.1) is 11.7 Å². The van der Waals surface area contributed by atoms with E-state index in [-0.39, 0.29) is 0 Å². The second-order valence-corrected chi connectivity index (χ2v) is 7.02. The quantitative estimate of drug-likeness (QED) is 0.717. The summed E-state index contributed by atoms with van der Waals surface area (Å²) >= 11 is 0. The number of piperidine rings is 1. The van der Waals surface area contributed by atoms with Crippen molar-refractivity contribution in [2.45, 2.75) is 37.4 Å². The van der Waals surface area contributed by atoms with Gasteiger partial charge in [0.2, 0.25) is 5.95 Å². The Morgan fingerprint density at radius 3 is 2.64 bits per heavy atom. The standard InChI is InChI=1S/C16H23N5O4/c1-19-11-12(20(2)15(24)18-13(11)23)17-14(19)21-7-5-16(6-8-21)10(22)4-3-9-25-16/h10,22H,3-9H2,1-2H3,(H,18,23,24)/t10-/m0/s1. The zero-order valence-corrected chi connectivity index (χ0v) is 14.5. The van der Waals surface area contributed by atoms with E-state index in [1.165, 1.54) is 4.57 Å². The lowest BCUT2D eigenvalue weighted by Gasteiger charge is -2.46. The number of aliphatic hydroxyl groups is 1. The topological polar surface area (TPSA) is 105 Å². The van der Waals surface area contributed by atoms with Crippen LogP contribution in [0.15, 0.2) is 9.59 Å². The van der Waals surface area contributed by atoms with Crippen LogP contribution in [0.3, 0.4) is 0 Å². The molecule has 2 N–H and O–H groups in total. The van der Waals surface area contributed by atoms with Crippen LogP contribution < -0.4 is 16.1 Å².